The van der Waals surface area contributed by atoms with E-state index in [2.05, 4.69) is 6.92 Å². The first-order chi connectivity index (χ1) is 10.9. The summed E-state index contributed by atoms with van der Waals surface area (Å²) in [5, 5.41) is 26.6. The molecule has 0 saturated heterocycles. The van der Waals surface area contributed by atoms with E-state index in [4.69, 9.17) is 20.1 Å². The molecule has 0 heterocycles. The highest BCUT2D eigenvalue weighted by Gasteiger charge is 2.29. The molecule has 0 aromatic carbocycles. The predicted octanol–water partition coefficient (Wildman–Crippen LogP) is 2.91. The quantitative estimate of drug-likeness (QED) is 0.394. The molecule has 23 heavy (non-hydrogen) atoms. The number of hydrogen-bond donors (Lipinski definition) is 3. The Hall–Kier alpha value is -1.63. The molecule has 7 nitrogen and oxygen atoms in total. The van der Waals surface area contributed by atoms with E-state index in [1.807, 2.05) is 0 Å². The lowest BCUT2D eigenvalue weighted by atomic mass is 10.1. The number of carboxylic acid groups (broad SMARTS) is 3. The van der Waals surface area contributed by atoms with Gasteiger partial charge in [-0.25, -0.2) is 9.59 Å². The summed E-state index contributed by atoms with van der Waals surface area (Å²) in [4.78, 5) is 32.6. The minimum Gasteiger partial charge on any atom is -0.481 e. The van der Waals surface area contributed by atoms with E-state index in [-0.39, 0.29) is 6.42 Å². The van der Waals surface area contributed by atoms with Crippen molar-refractivity contribution in [3.63, 3.8) is 0 Å². The van der Waals surface area contributed by atoms with Crippen molar-refractivity contribution in [3.05, 3.63) is 0 Å². The molecule has 0 aliphatic rings. The van der Waals surface area contributed by atoms with Gasteiger partial charge in [0, 0.05) is 0 Å². The minimum atomic E-state index is -1.64. The zero-order chi connectivity index (χ0) is 17.7. The summed E-state index contributed by atoms with van der Waals surface area (Å²) in [7, 11) is 0. The second-order valence-electron chi connectivity index (χ2n) is 5.65. The third kappa shape index (κ3) is 11.6. The number of carboxylic acids is 3. The fourth-order valence-electron chi connectivity index (χ4n) is 2.26. The van der Waals surface area contributed by atoms with E-state index >= 15 is 0 Å². The predicted molar refractivity (Wildman–Crippen MR) is 83.4 cm³/mol. The van der Waals surface area contributed by atoms with Gasteiger partial charge in [-0.1, -0.05) is 58.3 Å². The lowest BCUT2D eigenvalue weighted by Crippen LogP contribution is -2.35. The Morgan fingerprint density at radius 2 is 1.26 bits per heavy atom. The highest BCUT2D eigenvalue weighted by molar-refractivity contribution is 5.80. The van der Waals surface area contributed by atoms with Crippen molar-refractivity contribution in [2.75, 3.05) is 0 Å². The molecule has 0 fully saturated rings. The van der Waals surface area contributed by atoms with Crippen LogP contribution >= 0.6 is 0 Å². The van der Waals surface area contributed by atoms with E-state index in [0.717, 1.165) is 19.3 Å². The van der Waals surface area contributed by atoms with Gasteiger partial charge in [0.15, 0.2) is 12.2 Å². The van der Waals surface area contributed by atoms with Gasteiger partial charge in [0.05, 0.1) is 6.42 Å². The monoisotopic (exact) mass is 332 g/mol. The Labute approximate surface area is 136 Å². The summed E-state index contributed by atoms with van der Waals surface area (Å²) in [5.41, 5.74) is 0. The summed E-state index contributed by atoms with van der Waals surface area (Å²) in [5.74, 6) is -4.06. The van der Waals surface area contributed by atoms with Crippen molar-refractivity contribution in [3.8, 4) is 0 Å². The maximum absolute atomic E-state index is 11.1. The van der Waals surface area contributed by atoms with Crippen molar-refractivity contribution >= 4 is 17.9 Å². The number of aliphatic carboxylic acids is 3. The molecular formula is C16H28O7. The highest BCUT2D eigenvalue weighted by Crippen LogP contribution is 2.14. The van der Waals surface area contributed by atoms with E-state index in [9.17, 15) is 14.4 Å². The lowest BCUT2D eigenvalue weighted by molar-refractivity contribution is -0.170. The summed E-state index contributed by atoms with van der Waals surface area (Å²) < 4.78 is 4.96. The van der Waals surface area contributed by atoms with Gasteiger partial charge in [-0.15, -0.1) is 0 Å². The molecule has 0 aromatic heterocycles. The van der Waals surface area contributed by atoms with Crippen molar-refractivity contribution in [1.29, 1.82) is 0 Å². The van der Waals surface area contributed by atoms with E-state index in [0.29, 0.717) is 6.42 Å². The van der Waals surface area contributed by atoms with Crippen LogP contribution in [0, 0.1) is 0 Å². The maximum atomic E-state index is 11.1. The smallest absolute Gasteiger partial charge is 0.333 e. The summed E-state index contributed by atoms with van der Waals surface area (Å²) in [6, 6.07) is 0. The van der Waals surface area contributed by atoms with Gasteiger partial charge >= 0.3 is 17.9 Å². The van der Waals surface area contributed by atoms with Gasteiger partial charge in [0.2, 0.25) is 0 Å². The minimum absolute atomic E-state index is 0.188. The molecule has 0 aromatic rings. The Balaban J connectivity index is 4.08. The molecule has 0 amide bonds. The zero-order valence-corrected chi connectivity index (χ0v) is 13.7. The van der Waals surface area contributed by atoms with Crippen molar-refractivity contribution in [1.82, 2.24) is 0 Å². The standard InChI is InChI=1S/C16H28O7/c1-2-3-4-5-6-7-8-9-10-12(15(19)20)23-13(16(21)22)11-14(17)18/h12-13H,2-11H2,1H3,(H,17,18)(H,19,20)(H,21,22). The van der Waals surface area contributed by atoms with Gasteiger partial charge in [0.25, 0.3) is 0 Å². The van der Waals surface area contributed by atoms with Gasteiger partial charge in [0.1, 0.15) is 0 Å². The molecule has 0 rings (SSSR count). The molecule has 0 aliphatic carbocycles. The Morgan fingerprint density at radius 1 is 0.783 bits per heavy atom. The van der Waals surface area contributed by atoms with Crippen molar-refractivity contribution in [2.45, 2.75) is 83.3 Å². The molecule has 2 unspecified atom stereocenters. The Kier molecular flexibility index (Phi) is 12.0. The molecule has 0 saturated carbocycles. The summed E-state index contributed by atoms with van der Waals surface area (Å²) in [6.07, 6.45) is 4.92. The van der Waals surface area contributed by atoms with Crippen LogP contribution in [0.1, 0.15) is 71.1 Å². The number of rotatable bonds is 15. The van der Waals surface area contributed by atoms with Crippen LogP contribution in [0.3, 0.4) is 0 Å². The van der Waals surface area contributed by atoms with Crippen LogP contribution < -0.4 is 0 Å². The second kappa shape index (κ2) is 12.9. The fourth-order valence-corrected chi connectivity index (χ4v) is 2.26. The number of hydrogen-bond acceptors (Lipinski definition) is 4. The Morgan fingerprint density at radius 3 is 1.70 bits per heavy atom. The molecule has 7 heteroatoms. The largest absolute Gasteiger partial charge is 0.481 e. The average Bonchev–Trinajstić information content (AvgIpc) is 2.46. The van der Waals surface area contributed by atoms with E-state index in [1.165, 1.54) is 25.7 Å². The molecule has 0 bridgehead atoms. The van der Waals surface area contributed by atoms with Gasteiger partial charge in [-0.05, 0) is 6.42 Å². The van der Waals surface area contributed by atoms with Crippen molar-refractivity contribution in [2.24, 2.45) is 0 Å². The highest BCUT2D eigenvalue weighted by atomic mass is 16.5. The zero-order valence-electron chi connectivity index (χ0n) is 13.7. The number of carbonyl (C=O) groups is 3. The first-order valence-electron chi connectivity index (χ1n) is 8.21. The maximum Gasteiger partial charge on any atom is 0.333 e. The first-order valence-corrected chi connectivity index (χ1v) is 8.21. The summed E-state index contributed by atoms with van der Waals surface area (Å²) >= 11 is 0. The van der Waals surface area contributed by atoms with Crippen LogP contribution in [-0.2, 0) is 19.1 Å². The van der Waals surface area contributed by atoms with Crippen LogP contribution in [0.25, 0.3) is 0 Å². The third-order valence-electron chi connectivity index (χ3n) is 3.56. The molecule has 0 spiro atoms. The molecule has 0 radical (unpaired) electrons. The number of unbranched alkanes of at least 4 members (excludes halogenated alkanes) is 7. The fraction of sp³-hybridized carbons (Fsp3) is 0.812. The van der Waals surface area contributed by atoms with Gasteiger partial charge < -0.3 is 20.1 Å². The molecule has 0 aliphatic heterocycles. The third-order valence-corrected chi connectivity index (χ3v) is 3.56. The molecule has 2 atom stereocenters. The van der Waals surface area contributed by atoms with Crippen LogP contribution in [-0.4, -0.2) is 45.4 Å². The topological polar surface area (TPSA) is 121 Å². The van der Waals surface area contributed by atoms with Crippen molar-refractivity contribution < 1.29 is 34.4 Å². The normalized spacial score (nSPS) is 13.4. The van der Waals surface area contributed by atoms with Gasteiger partial charge in [-0.2, -0.15) is 0 Å². The van der Waals surface area contributed by atoms with E-state index < -0.39 is 36.5 Å². The average molecular weight is 332 g/mol. The van der Waals surface area contributed by atoms with E-state index in [1.54, 1.807) is 0 Å². The second-order valence-corrected chi connectivity index (χ2v) is 5.65. The first kappa shape index (κ1) is 21.4. The van der Waals surface area contributed by atoms with Crippen LogP contribution in [0.4, 0.5) is 0 Å². The Bertz CT molecular complexity index is 367. The molecule has 134 valence electrons. The molecular weight excluding hydrogens is 304 g/mol. The SMILES string of the molecule is CCCCCCCCCCC(OC(CC(=O)O)C(=O)O)C(=O)O. The van der Waals surface area contributed by atoms with Gasteiger partial charge in [-0.3, -0.25) is 4.79 Å². The number of ether oxygens (including phenoxy) is 1. The molecule has 3 N–H and O–H groups in total. The van der Waals surface area contributed by atoms with Crippen LogP contribution in [0.15, 0.2) is 0 Å². The summed E-state index contributed by atoms with van der Waals surface area (Å²) in [6.45, 7) is 2.15. The lowest BCUT2D eigenvalue weighted by Gasteiger charge is -2.18. The van der Waals surface area contributed by atoms with Crippen LogP contribution in [0.5, 0.6) is 0 Å². The van der Waals surface area contributed by atoms with Crippen LogP contribution in [0.2, 0.25) is 0 Å².